The first kappa shape index (κ1) is 21.3. The molecule has 0 unspecified atom stereocenters. The van der Waals surface area contributed by atoms with Crippen molar-refractivity contribution in [1.29, 1.82) is 0 Å². The van der Waals surface area contributed by atoms with E-state index in [0.717, 1.165) is 11.4 Å². The van der Waals surface area contributed by atoms with Crippen LogP contribution in [0.25, 0.3) is 11.4 Å². The van der Waals surface area contributed by atoms with Crippen molar-refractivity contribution in [1.82, 2.24) is 20.2 Å². The number of carbonyl (C=O) groups is 2. The van der Waals surface area contributed by atoms with Crippen LogP contribution in [-0.2, 0) is 11.3 Å². The Morgan fingerprint density at radius 3 is 2.47 bits per heavy atom. The van der Waals surface area contributed by atoms with Crippen LogP contribution in [0, 0.1) is 6.92 Å². The van der Waals surface area contributed by atoms with E-state index < -0.39 is 5.97 Å². The fourth-order valence-electron chi connectivity index (χ4n) is 2.65. The Morgan fingerprint density at radius 2 is 1.83 bits per heavy atom. The van der Waals surface area contributed by atoms with Gasteiger partial charge >= 0.3 is 5.97 Å². The first-order chi connectivity index (χ1) is 14.5. The van der Waals surface area contributed by atoms with Gasteiger partial charge < -0.3 is 9.67 Å². The largest absolute Gasteiger partial charge is 0.478 e. The van der Waals surface area contributed by atoms with Crippen molar-refractivity contribution in [3.8, 4) is 11.4 Å². The number of carboxylic acids is 1. The van der Waals surface area contributed by atoms with Crippen LogP contribution in [0.2, 0.25) is 0 Å². The molecule has 2 aromatic carbocycles. The maximum Gasteiger partial charge on any atom is 0.335 e. The van der Waals surface area contributed by atoms with Crippen LogP contribution in [0.4, 0.5) is 0 Å². The zero-order chi connectivity index (χ0) is 21.5. The van der Waals surface area contributed by atoms with Crippen LogP contribution in [0.3, 0.4) is 0 Å². The number of aromatic nitrogens is 3. The van der Waals surface area contributed by atoms with Crippen molar-refractivity contribution >= 4 is 29.9 Å². The van der Waals surface area contributed by atoms with Gasteiger partial charge in [-0.2, -0.15) is 5.10 Å². The number of rotatable bonds is 8. The second kappa shape index (κ2) is 9.84. The van der Waals surface area contributed by atoms with Gasteiger partial charge in [-0.15, -0.1) is 10.2 Å². The first-order valence-corrected chi connectivity index (χ1v) is 10.2. The van der Waals surface area contributed by atoms with Crippen molar-refractivity contribution in [2.75, 3.05) is 5.75 Å². The van der Waals surface area contributed by atoms with Crippen LogP contribution < -0.4 is 5.43 Å². The summed E-state index contributed by atoms with van der Waals surface area (Å²) in [5.41, 5.74) is 5.48. The van der Waals surface area contributed by atoms with Crippen molar-refractivity contribution in [2.24, 2.45) is 5.10 Å². The first-order valence-electron chi connectivity index (χ1n) is 9.26. The normalized spacial score (nSPS) is 11.0. The summed E-state index contributed by atoms with van der Waals surface area (Å²) in [5.74, 6) is -0.361. The van der Waals surface area contributed by atoms with Gasteiger partial charge in [-0.3, -0.25) is 4.79 Å². The number of nitrogens with one attached hydrogen (secondary N) is 1. The lowest BCUT2D eigenvalue weighted by Gasteiger charge is -2.07. The number of aryl methyl sites for hydroxylation is 1. The van der Waals surface area contributed by atoms with E-state index in [0.29, 0.717) is 17.3 Å². The highest BCUT2D eigenvalue weighted by atomic mass is 32.2. The molecule has 1 heterocycles. The second-order valence-electron chi connectivity index (χ2n) is 6.43. The number of thioether (sulfide) groups is 1. The minimum absolute atomic E-state index is 0.140. The summed E-state index contributed by atoms with van der Waals surface area (Å²) in [5, 5.41) is 21.9. The van der Waals surface area contributed by atoms with Crippen molar-refractivity contribution in [3.05, 3.63) is 65.2 Å². The molecule has 0 atom stereocenters. The number of amides is 1. The fourth-order valence-corrected chi connectivity index (χ4v) is 3.44. The Labute approximate surface area is 178 Å². The predicted molar refractivity (Wildman–Crippen MR) is 116 cm³/mol. The summed E-state index contributed by atoms with van der Waals surface area (Å²) in [6, 6.07) is 14.2. The minimum Gasteiger partial charge on any atom is -0.478 e. The second-order valence-corrected chi connectivity index (χ2v) is 7.37. The number of hydrogen-bond acceptors (Lipinski definition) is 6. The smallest absolute Gasteiger partial charge is 0.335 e. The maximum atomic E-state index is 12.1. The van der Waals surface area contributed by atoms with Gasteiger partial charge in [0.25, 0.3) is 5.91 Å². The molecule has 1 aromatic heterocycles. The molecule has 0 aliphatic carbocycles. The molecule has 0 saturated carbocycles. The molecule has 8 nitrogen and oxygen atoms in total. The Bertz CT molecular complexity index is 1060. The molecule has 3 aromatic rings. The van der Waals surface area contributed by atoms with E-state index in [4.69, 9.17) is 5.11 Å². The summed E-state index contributed by atoms with van der Waals surface area (Å²) in [7, 11) is 0. The summed E-state index contributed by atoms with van der Waals surface area (Å²) < 4.78 is 1.97. The Balaban J connectivity index is 1.57. The zero-order valence-corrected chi connectivity index (χ0v) is 17.4. The molecule has 1 amide bonds. The highest BCUT2D eigenvalue weighted by Gasteiger charge is 2.14. The minimum atomic E-state index is -0.991. The number of aromatic carboxylic acids is 1. The Hall–Kier alpha value is -3.46. The monoisotopic (exact) mass is 423 g/mol. The molecule has 9 heteroatoms. The van der Waals surface area contributed by atoms with Crippen LogP contribution in [0.15, 0.2) is 58.8 Å². The van der Waals surface area contributed by atoms with Gasteiger partial charge in [-0.25, -0.2) is 10.2 Å². The lowest BCUT2D eigenvalue weighted by atomic mass is 10.1. The van der Waals surface area contributed by atoms with Gasteiger partial charge in [-0.1, -0.05) is 53.7 Å². The lowest BCUT2D eigenvalue weighted by molar-refractivity contribution is -0.118. The van der Waals surface area contributed by atoms with E-state index in [9.17, 15) is 9.59 Å². The molecule has 3 rings (SSSR count). The summed E-state index contributed by atoms with van der Waals surface area (Å²) in [6.45, 7) is 4.72. The summed E-state index contributed by atoms with van der Waals surface area (Å²) >= 11 is 1.29. The van der Waals surface area contributed by atoms with E-state index in [1.54, 1.807) is 12.1 Å². The number of hydrogen-bond donors (Lipinski definition) is 2. The molecule has 0 saturated heterocycles. The molecule has 0 fully saturated rings. The van der Waals surface area contributed by atoms with Crippen LogP contribution >= 0.6 is 11.8 Å². The third-order valence-corrected chi connectivity index (χ3v) is 5.20. The van der Waals surface area contributed by atoms with E-state index in [2.05, 4.69) is 20.7 Å². The summed E-state index contributed by atoms with van der Waals surface area (Å²) in [6.07, 6.45) is 1.46. The van der Waals surface area contributed by atoms with Crippen LogP contribution in [0.5, 0.6) is 0 Å². The van der Waals surface area contributed by atoms with Gasteiger partial charge in [0.1, 0.15) is 0 Å². The molecule has 0 aliphatic rings. The predicted octanol–water partition coefficient (Wildman–Crippen LogP) is 3.21. The van der Waals surface area contributed by atoms with E-state index in [1.807, 2.05) is 42.7 Å². The fraction of sp³-hybridized carbons (Fsp3) is 0.190. The molecule has 0 aliphatic heterocycles. The SMILES string of the molecule is CCn1c(SCC(=O)N/N=C\c2ccc(C(=O)O)cc2)nnc1-c1ccc(C)cc1. The molecule has 2 N–H and O–H groups in total. The molecule has 0 radical (unpaired) electrons. The van der Waals surface area contributed by atoms with Gasteiger partial charge in [0.15, 0.2) is 11.0 Å². The lowest BCUT2D eigenvalue weighted by Crippen LogP contribution is -2.20. The summed E-state index contributed by atoms with van der Waals surface area (Å²) in [4.78, 5) is 22.9. The Kier molecular flexibility index (Phi) is 6.97. The molecular weight excluding hydrogens is 402 g/mol. The quantitative estimate of drug-likeness (QED) is 0.327. The molecule has 154 valence electrons. The highest BCUT2D eigenvalue weighted by Crippen LogP contribution is 2.24. The number of carboxylic acid groups (broad SMARTS) is 1. The average molecular weight is 423 g/mol. The van der Waals surface area contributed by atoms with Gasteiger partial charge in [-0.05, 0) is 31.5 Å². The third-order valence-electron chi connectivity index (χ3n) is 4.24. The van der Waals surface area contributed by atoms with E-state index >= 15 is 0 Å². The average Bonchev–Trinajstić information content (AvgIpc) is 3.16. The zero-order valence-electron chi connectivity index (χ0n) is 16.6. The van der Waals surface area contributed by atoms with Crippen molar-refractivity contribution < 1.29 is 14.7 Å². The number of hydrazone groups is 1. The Morgan fingerprint density at radius 1 is 1.13 bits per heavy atom. The van der Waals surface area contributed by atoms with E-state index in [1.165, 1.54) is 35.7 Å². The van der Waals surface area contributed by atoms with Crippen molar-refractivity contribution in [3.63, 3.8) is 0 Å². The third kappa shape index (κ3) is 5.32. The van der Waals surface area contributed by atoms with Crippen molar-refractivity contribution in [2.45, 2.75) is 25.5 Å². The van der Waals surface area contributed by atoms with Crippen LogP contribution in [0.1, 0.15) is 28.4 Å². The molecule has 0 bridgehead atoms. The maximum absolute atomic E-state index is 12.1. The number of carbonyl (C=O) groups excluding carboxylic acids is 1. The molecular formula is C21H21N5O3S. The van der Waals surface area contributed by atoms with Gasteiger partial charge in [0.2, 0.25) is 0 Å². The van der Waals surface area contributed by atoms with Gasteiger partial charge in [0, 0.05) is 12.1 Å². The number of benzene rings is 2. The van der Waals surface area contributed by atoms with E-state index in [-0.39, 0.29) is 17.2 Å². The highest BCUT2D eigenvalue weighted by molar-refractivity contribution is 7.99. The number of nitrogens with zero attached hydrogens (tertiary/aromatic N) is 4. The topological polar surface area (TPSA) is 109 Å². The van der Waals surface area contributed by atoms with Crippen LogP contribution in [-0.4, -0.2) is 43.7 Å². The standard InChI is InChI=1S/C21H21N5O3S/c1-3-26-19(16-8-4-14(2)5-9-16)24-25-21(26)30-13-18(27)23-22-12-15-6-10-17(11-7-15)20(28)29/h4-12H,3,13H2,1-2H3,(H,23,27)(H,28,29)/b22-12-. The molecule has 0 spiro atoms. The van der Waals surface area contributed by atoms with Gasteiger partial charge in [0.05, 0.1) is 17.5 Å². The molecule has 30 heavy (non-hydrogen) atoms.